The van der Waals surface area contributed by atoms with E-state index < -0.39 is 12.8 Å². The van der Waals surface area contributed by atoms with Crippen molar-refractivity contribution in [3.05, 3.63) is 48.6 Å². The van der Waals surface area contributed by atoms with E-state index in [-0.39, 0.29) is 57.8 Å². The number of allylic oxidation sites excluding steroid dienone is 1. The van der Waals surface area contributed by atoms with Crippen LogP contribution in [0.4, 0.5) is 12.9 Å². The average Bonchev–Trinajstić information content (AvgIpc) is 2.18. The van der Waals surface area contributed by atoms with Crippen molar-refractivity contribution < 1.29 is 64.3 Å². The molecule has 0 radical (unpaired) electrons. The Morgan fingerprint density at radius 1 is 1.19 bits per heavy atom. The second kappa shape index (κ2) is 7.72. The first kappa shape index (κ1) is 16.5. The minimum Gasteiger partial charge on any atom is -0.449 e. The number of benzene rings is 1. The summed E-state index contributed by atoms with van der Waals surface area (Å²) in [6.45, 7) is -1.56. The maximum absolute atomic E-state index is 12.4. The third-order valence-electron chi connectivity index (χ3n) is 2.40. The van der Waals surface area contributed by atoms with E-state index in [0.717, 1.165) is 11.6 Å². The summed E-state index contributed by atoms with van der Waals surface area (Å²) < 4.78 is 37.2. The topological polar surface area (TPSA) is 0 Å². The van der Waals surface area contributed by atoms with Gasteiger partial charge < -0.3 is 12.9 Å². The number of aryl methyl sites for hydroxylation is 1. The van der Waals surface area contributed by atoms with Gasteiger partial charge >= 0.3 is 58.4 Å². The Balaban J connectivity index is 0.00000225. The molecular weight excluding hydrogens is 239 g/mol. The number of rotatable bonds is 5. The number of hydrogen-bond donors (Lipinski definition) is 0. The molecule has 1 aromatic rings. The van der Waals surface area contributed by atoms with Crippen LogP contribution in [0, 0.1) is 0 Å². The van der Waals surface area contributed by atoms with Crippen molar-refractivity contribution in [1.82, 2.24) is 0 Å². The largest absolute Gasteiger partial charge is 1.00 e. The van der Waals surface area contributed by atoms with Crippen LogP contribution < -0.4 is 51.4 Å². The van der Waals surface area contributed by atoms with Crippen molar-refractivity contribution in [3.8, 4) is 0 Å². The van der Waals surface area contributed by atoms with Crippen LogP contribution in [0.15, 0.2) is 43.0 Å². The van der Waals surface area contributed by atoms with Gasteiger partial charge in [0.15, 0.2) is 0 Å². The summed E-state index contributed by atoms with van der Waals surface area (Å²) in [4.78, 5) is 0. The standard InChI is InChI=1S/C11H13BF3.K/c1-2-11(12(13,14)15)9-8-10-6-4-3-5-7-10;/h2-7,11H,1,8-9H2;/q-1;+1/t11-;/m0./s1. The van der Waals surface area contributed by atoms with Crippen molar-refractivity contribution >= 4 is 6.98 Å². The molecule has 0 fully saturated rings. The fourth-order valence-corrected chi connectivity index (χ4v) is 1.44. The van der Waals surface area contributed by atoms with Crippen molar-refractivity contribution in [3.63, 3.8) is 0 Å². The molecule has 5 heteroatoms. The van der Waals surface area contributed by atoms with Gasteiger partial charge in [-0.25, -0.2) is 0 Å². The molecule has 1 atom stereocenters. The van der Waals surface area contributed by atoms with Crippen molar-refractivity contribution in [2.75, 3.05) is 0 Å². The third kappa shape index (κ3) is 5.68. The first-order valence-electron chi connectivity index (χ1n) is 4.90. The summed E-state index contributed by atoms with van der Waals surface area (Å²) in [5.41, 5.74) is 0.935. The maximum Gasteiger partial charge on any atom is 1.00 e. The van der Waals surface area contributed by atoms with E-state index in [1.165, 1.54) is 0 Å². The smallest absolute Gasteiger partial charge is 0.449 e. The van der Waals surface area contributed by atoms with Crippen molar-refractivity contribution in [2.45, 2.75) is 18.7 Å². The van der Waals surface area contributed by atoms with Gasteiger partial charge in [0.25, 0.3) is 0 Å². The van der Waals surface area contributed by atoms with Gasteiger partial charge in [-0.3, -0.25) is 0 Å². The van der Waals surface area contributed by atoms with Gasteiger partial charge in [0.1, 0.15) is 0 Å². The zero-order chi connectivity index (χ0) is 11.3. The number of halogens is 3. The predicted octanol–water partition coefficient (Wildman–Crippen LogP) is 1.03. The number of hydrogen-bond acceptors (Lipinski definition) is 0. The molecule has 1 aromatic carbocycles. The van der Waals surface area contributed by atoms with E-state index in [2.05, 4.69) is 6.58 Å². The maximum atomic E-state index is 12.4. The molecule has 0 nitrogen and oxygen atoms in total. The van der Waals surface area contributed by atoms with Crippen LogP contribution in [0.1, 0.15) is 12.0 Å². The normalized spacial score (nSPS) is 12.7. The monoisotopic (exact) mass is 252 g/mol. The fourth-order valence-electron chi connectivity index (χ4n) is 1.44. The molecular formula is C11H13BF3K. The molecule has 0 aromatic heterocycles. The van der Waals surface area contributed by atoms with Crippen molar-refractivity contribution in [1.29, 1.82) is 0 Å². The Morgan fingerprint density at radius 2 is 1.75 bits per heavy atom. The van der Waals surface area contributed by atoms with Crippen LogP contribution >= 0.6 is 0 Å². The van der Waals surface area contributed by atoms with Gasteiger partial charge in [0, 0.05) is 0 Å². The molecule has 0 bridgehead atoms. The SMILES string of the molecule is C=C[C@@H](CCc1ccccc1)[B-](F)(F)F.[K+]. The minimum absolute atomic E-state index is 0. The molecule has 0 aliphatic heterocycles. The predicted molar refractivity (Wildman–Crippen MR) is 57.8 cm³/mol. The second-order valence-corrected chi connectivity index (χ2v) is 3.55. The van der Waals surface area contributed by atoms with Crippen molar-refractivity contribution in [2.24, 2.45) is 0 Å². The third-order valence-corrected chi connectivity index (χ3v) is 2.40. The fraction of sp³-hybridized carbons (Fsp3) is 0.273. The van der Waals surface area contributed by atoms with Crippen LogP contribution in [0.2, 0.25) is 5.82 Å². The molecule has 0 heterocycles. The van der Waals surface area contributed by atoms with E-state index in [0.29, 0.717) is 6.42 Å². The summed E-state index contributed by atoms with van der Waals surface area (Å²) >= 11 is 0. The van der Waals surface area contributed by atoms with Crippen LogP contribution in [-0.2, 0) is 6.42 Å². The van der Waals surface area contributed by atoms with Gasteiger partial charge in [0.2, 0.25) is 0 Å². The average molecular weight is 252 g/mol. The molecule has 0 aliphatic carbocycles. The zero-order valence-electron chi connectivity index (χ0n) is 9.37. The van der Waals surface area contributed by atoms with Crippen LogP contribution in [-0.4, -0.2) is 6.98 Å². The van der Waals surface area contributed by atoms with E-state index in [1.807, 2.05) is 30.3 Å². The van der Waals surface area contributed by atoms with Gasteiger partial charge in [-0.05, 0) is 12.0 Å². The quantitative estimate of drug-likeness (QED) is 0.542. The molecule has 0 saturated heterocycles. The molecule has 0 saturated carbocycles. The summed E-state index contributed by atoms with van der Waals surface area (Å²) in [6, 6.07) is 9.18. The molecule has 0 amide bonds. The zero-order valence-corrected chi connectivity index (χ0v) is 12.5. The molecule has 1 rings (SSSR count). The molecule has 82 valence electrons. The van der Waals surface area contributed by atoms with Gasteiger partial charge in [-0.2, -0.15) is 0 Å². The van der Waals surface area contributed by atoms with E-state index in [4.69, 9.17) is 0 Å². The van der Waals surface area contributed by atoms with Gasteiger partial charge in [-0.1, -0.05) is 42.6 Å². The Labute approximate surface area is 137 Å². The molecule has 0 N–H and O–H groups in total. The Morgan fingerprint density at radius 3 is 2.19 bits per heavy atom. The Bertz CT molecular complexity index is 311. The minimum atomic E-state index is -4.79. The van der Waals surface area contributed by atoms with Crippen LogP contribution in [0.3, 0.4) is 0 Å². The molecule has 0 aliphatic rings. The molecule has 0 unspecified atom stereocenters. The molecule has 16 heavy (non-hydrogen) atoms. The van der Waals surface area contributed by atoms with Gasteiger partial charge in [-0.15, -0.1) is 12.7 Å². The summed E-state index contributed by atoms with van der Waals surface area (Å²) in [5, 5.41) is 0. The molecule has 0 spiro atoms. The Hall–Kier alpha value is 0.451. The van der Waals surface area contributed by atoms with E-state index in [1.54, 1.807) is 0 Å². The van der Waals surface area contributed by atoms with Crippen LogP contribution in [0.5, 0.6) is 0 Å². The summed E-state index contributed by atoms with van der Waals surface area (Å²) in [6.07, 6.45) is 1.54. The first-order chi connectivity index (χ1) is 7.04. The van der Waals surface area contributed by atoms with E-state index in [9.17, 15) is 12.9 Å². The van der Waals surface area contributed by atoms with Gasteiger partial charge in [0.05, 0.1) is 0 Å². The summed E-state index contributed by atoms with van der Waals surface area (Å²) in [7, 11) is 0. The van der Waals surface area contributed by atoms with Crippen LogP contribution in [0.25, 0.3) is 0 Å². The summed E-state index contributed by atoms with van der Waals surface area (Å²) in [5.74, 6) is -1.34. The first-order valence-corrected chi connectivity index (χ1v) is 4.90. The second-order valence-electron chi connectivity index (χ2n) is 3.55. The van der Waals surface area contributed by atoms with E-state index >= 15 is 0 Å². The Kier molecular flexibility index (Phi) is 7.93.